The summed E-state index contributed by atoms with van der Waals surface area (Å²) in [6.45, 7) is 8.35. The number of aliphatic imine (C=N–C) groups is 1. The van der Waals surface area contributed by atoms with Crippen LogP contribution in [0.3, 0.4) is 0 Å². The lowest BCUT2D eigenvalue weighted by Gasteiger charge is -2.28. The first-order valence-electron chi connectivity index (χ1n) is 9.42. The van der Waals surface area contributed by atoms with Gasteiger partial charge in [0, 0.05) is 28.8 Å². The van der Waals surface area contributed by atoms with E-state index in [1.807, 2.05) is 62.5 Å². The number of benzene rings is 3. The maximum Gasteiger partial charge on any atom is 0.129 e. The summed E-state index contributed by atoms with van der Waals surface area (Å²) in [6.07, 6.45) is 1.81. The quantitative estimate of drug-likeness (QED) is 0.541. The minimum Gasteiger partial charge on any atom is -0.507 e. The molecule has 0 unspecified atom stereocenters. The minimum absolute atomic E-state index is 0.166. The van der Waals surface area contributed by atoms with Gasteiger partial charge in [-0.2, -0.15) is 0 Å². The number of hydrogen-bond acceptors (Lipinski definition) is 2. The Morgan fingerprint density at radius 3 is 2.04 bits per heavy atom. The lowest BCUT2D eigenvalue weighted by Crippen LogP contribution is -2.19. The Hall–Kier alpha value is -2.87. The molecule has 1 N–H and O–H groups in total. The predicted octanol–water partition coefficient (Wildman–Crippen LogP) is 6.21. The van der Waals surface area contributed by atoms with Gasteiger partial charge in [-0.25, -0.2) is 0 Å². The molecule has 2 heteroatoms. The van der Waals surface area contributed by atoms with E-state index in [-0.39, 0.29) is 11.5 Å². The van der Waals surface area contributed by atoms with E-state index < -0.39 is 0 Å². The molecule has 3 rings (SSSR count). The van der Waals surface area contributed by atoms with Gasteiger partial charge in [0.2, 0.25) is 0 Å². The summed E-state index contributed by atoms with van der Waals surface area (Å²) in [5, 5.41) is 11.2. The average molecular weight is 357 g/mol. The molecular weight excluding hydrogens is 330 g/mol. The second kappa shape index (κ2) is 7.79. The van der Waals surface area contributed by atoms with Crippen LogP contribution in [-0.4, -0.2) is 17.4 Å². The van der Waals surface area contributed by atoms with Crippen molar-refractivity contribution < 1.29 is 5.11 Å². The number of hydrogen-bond donors (Lipinski definition) is 1. The molecule has 27 heavy (non-hydrogen) atoms. The summed E-state index contributed by atoms with van der Waals surface area (Å²) >= 11 is 0. The third kappa shape index (κ3) is 3.95. The van der Waals surface area contributed by atoms with Gasteiger partial charge >= 0.3 is 0 Å². The van der Waals surface area contributed by atoms with Crippen LogP contribution in [0.5, 0.6) is 5.75 Å². The molecule has 138 valence electrons. The third-order valence-electron chi connectivity index (χ3n) is 4.97. The number of rotatable bonds is 5. The van der Waals surface area contributed by atoms with Gasteiger partial charge in [0.1, 0.15) is 5.75 Å². The van der Waals surface area contributed by atoms with Crippen molar-refractivity contribution in [2.75, 3.05) is 0 Å². The van der Waals surface area contributed by atoms with Crippen molar-refractivity contribution in [2.24, 2.45) is 4.99 Å². The fraction of sp³-hybridized carbons (Fsp3) is 0.240. The fourth-order valence-corrected chi connectivity index (χ4v) is 3.35. The fourth-order valence-electron chi connectivity index (χ4n) is 3.35. The number of aromatic hydroxyl groups is 1. The van der Waals surface area contributed by atoms with Crippen LogP contribution in [0.25, 0.3) is 11.1 Å². The maximum absolute atomic E-state index is 11.2. The molecule has 0 aromatic heterocycles. The first-order chi connectivity index (χ1) is 12.9. The van der Waals surface area contributed by atoms with Crippen LogP contribution < -0.4 is 0 Å². The van der Waals surface area contributed by atoms with Crippen molar-refractivity contribution in [1.29, 1.82) is 0 Å². The van der Waals surface area contributed by atoms with E-state index in [0.29, 0.717) is 5.75 Å². The Bertz CT molecular complexity index is 925. The highest BCUT2D eigenvalue weighted by atomic mass is 16.3. The molecule has 0 aliphatic rings. The molecule has 3 aromatic rings. The highest BCUT2D eigenvalue weighted by Crippen LogP contribution is 2.41. The molecule has 0 aliphatic carbocycles. The van der Waals surface area contributed by atoms with Gasteiger partial charge in [-0.15, -0.1) is 0 Å². The zero-order chi connectivity index (χ0) is 19.4. The molecule has 3 aromatic carbocycles. The van der Waals surface area contributed by atoms with Crippen molar-refractivity contribution >= 4 is 6.21 Å². The third-order valence-corrected chi connectivity index (χ3v) is 4.97. The zero-order valence-corrected chi connectivity index (χ0v) is 16.5. The average Bonchev–Trinajstić information content (AvgIpc) is 2.68. The van der Waals surface area contributed by atoms with Crippen LogP contribution in [0.4, 0.5) is 0 Å². The van der Waals surface area contributed by atoms with Crippen molar-refractivity contribution in [3.63, 3.8) is 0 Å². The van der Waals surface area contributed by atoms with Gasteiger partial charge in [-0.3, -0.25) is 4.99 Å². The largest absolute Gasteiger partial charge is 0.507 e. The van der Waals surface area contributed by atoms with Crippen LogP contribution in [0, 0.1) is 0 Å². The summed E-state index contributed by atoms with van der Waals surface area (Å²) in [5.41, 5.74) is 4.59. The summed E-state index contributed by atoms with van der Waals surface area (Å²) in [7, 11) is 0. The Balaban J connectivity index is 2.20. The standard InChI is InChI=1S/C25H27NO/c1-18(2)26-17-22-21(19-11-7-5-8-12-19)15-16-23(24(22)27)25(3,4)20-13-9-6-10-14-20/h5-18,27H,1-4H3. The van der Waals surface area contributed by atoms with E-state index in [1.165, 1.54) is 5.56 Å². The van der Waals surface area contributed by atoms with Crippen LogP contribution in [0.2, 0.25) is 0 Å². The van der Waals surface area contributed by atoms with Gasteiger partial charge < -0.3 is 5.11 Å². The first kappa shape index (κ1) is 18.9. The smallest absolute Gasteiger partial charge is 0.129 e. The molecule has 0 bridgehead atoms. The summed E-state index contributed by atoms with van der Waals surface area (Å²) in [6, 6.07) is 24.7. The summed E-state index contributed by atoms with van der Waals surface area (Å²) in [5.74, 6) is 0.301. The number of nitrogens with zero attached hydrogens (tertiary/aromatic N) is 1. The van der Waals surface area contributed by atoms with Gasteiger partial charge in [0.25, 0.3) is 0 Å². The van der Waals surface area contributed by atoms with E-state index in [1.54, 1.807) is 0 Å². The van der Waals surface area contributed by atoms with Crippen LogP contribution in [0.1, 0.15) is 44.4 Å². The monoisotopic (exact) mass is 357 g/mol. The van der Waals surface area contributed by atoms with E-state index >= 15 is 0 Å². The van der Waals surface area contributed by atoms with Gasteiger partial charge in [-0.1, -0.05) is 86.6 Å². The van der Waals surface area contributed by atoms with Crippen LogP contribution >= 0.6 is 0 Å². The van der Waals surface area contributed by atoms with Gasteiger partial charge in [0.15, 0.2) is 0 Å². The normalized spacial score (nSPS) is 12.0. The van der Waals surface area contributed by atoms with Crippen molar-refractivity contribution in [2.45, 2.75) is 39.2 Å². The molecule has 0 fully saturated rings. The molecule has 0 aliphatic heterocycles. The minimum atomic E-state index is -0.318. The molecule has 0 heterocycles. The van der Waals surface area contributed by atoms with Crippen molar-refractivity contribution in [3.8, 4) is 16.9 Å². The highest BCUT2D eigenvalue weighted by Gasteiger charge is 2.28. The van der Waals surface area contributed by atoms with E-state index in [4.69, 9.17) is 0 Å². The summed E-state index contributed by atoms with van der Waals surface area (Å²) < 4.78 is 0. The summed E-state index contributed by atoms with van der Waals surface area (Å²) in [4.78, 5) is 4.55. The second-order valence-corrected chi connectivity index (χ2v) is 7.65. The molecule has 0 radical (unpaired) electrons. The molecule has 0 saturated heterocycles. The topological polar surface area (TPSA) is 32.6 Å². The van der Waals surface area contributed by atoms with E-state index in [2.05, 4.69) is 49.2 Å². The van der Waals surface area contributed by atoms with Gasteiger partial charge in [0.05, 0.1) is 0 Å². The lowest BCUT2D eigenvalue weighted by molar-refractivity contribution is 0.452. The highest BCUT2D eigenvalue weighted by molar-refractivity contribution is 5.94. The number of phenols is 1. The molecule has 2 nitrogen and oxygen atoms in total. The zero-order valence-electron chi connectivity index (χ0n) is 16.5. The van der Waals surface area contributed by atoms with Crippen molar-refractivity contribution in [1.82, 2.24) is 0 Å². The van der Waals surface area contributed by atoms with Crippen LogP contribution in [0.15, 0.2) is 77.8 Å². The second-order valence-electron chi connectivity index (χ2n) is 7.65. The maximum atomic E-state index is 11.2. The lowest BCUT2D eigenvalue weighted by atomic mass is 9.76. The SMILES string of the molecule is CC(C)N=Cc1c(-c2ccccc2)ccc(C(C)(C)c2ccccc2)c1O. The van der Waals surface area contributed by atoms with E-state index in [9.17, 15) is 5.11 Å². The first-order valence-corrected chi connectivity index (χ1v) is 9.42. The Kier molecular flexibility index (Phi) is 5.46. The molecule has 0 atom stereocenters. The molecule has 0 amide bonds. The Morgan fingerprint density at radius 2 is 1.44 bits per heavy atom. The molecular formula is C25H27NO. The van der Waals surface area contributed by atoms with Gasteiger partial charge in [-0.05, 0) is 30.5 Å². The van der Waals surface area contributed by atoms with E-state index in [0.717, 1.165) is 22.3 Å². The Labute approximate surface area is 162 Å². The van der Waals surface area contributed by atoms with Crippen LogP contribution in [-0.2, 0) is 5.41 Å². The van der Waals surface area contributed by atoms with Crippen molar-refractivity contribution in [3.05, 3.63) is 89.5 Å². The predicted molar refractivity (Wildman–Crippen MR) is 115 cm³/mol. The number of phenolic OH excluding ortho intramolecular Hbond substituents is 1. The molecule has 0 spiro atoms. The Morgan fingerprint density at radius 1 is 0.852 bits per heavy atom. The molecule has 0 saturated carbocycles.